The molecule has 1 aromatic carbocycles. The lowest BCUT2D eigenvalue weighted by atomic mass is 10.1. The smallest absolute Gasteiger partial charge is 0.260 e. The number of anilines is 1. The van der Waals surface area contributed by atoms with Crippen LogP contribution in [-0.4, -0.2) is 17.0 Å². The molecule has 2 aromatic heterocycles. The molecular formula is C21H21N3O4S. The van der Waals surface area contributed by atoms with Crippen molar-refractivity contribution in [2.45, 2.75) is 39.7 Å². The van der Waals surface area contributed by atoms with E-state index in [2.05, 4.69) is 10.5 Å². The highest BCUT2D eigenvalue weighted by Crippen LogP contribution is 2.39. The third-order valence-electron chi connectivity index (χ3n) is 5.08. The molecule has 2 heterocycles. The Kier molecular flexibility index (Phi) is 5.10. The van der Waals surface area contributed by atoms with Crippen LogP contribution in [0.15, 0.2) is 28.8 Å². The molecule has 1 aliphatic carbocycles. The maximum Gasteiger partial charge on any atom is 0.260 e. The summed E-state index contributed by atoms with van der Waals surface area (Å²) in [6.07, 6.45) is 2.73. The maximum absolute atomic E-state index is 13.0. The summed E-state index contributed by atoms with van der Waals surface area (Å²) < 4.78 is 11.0. The molecule has 29 heavy (non-hydrogen) atoms. The Morgan fingerprint density at radius 1 is 1.28 bits per heavy atom. The van der Waals surface area contributed by atoms with Crippen molar-refractivity contribution in [1.29, 1.82) is 0 Å². The molecule has 0 fully saturated rings. The number of rotatable bonds is 6. The number of hydrogen-bond donors (Lipinski definition) is 2. The largest absolute Gasteiger partial charge is 0.488 e. The summed E-state index contributed by atoms with van der Waals surface area (Å²) in [4.78, 5) is 26.0. The van der Waals surface area contributed by atoms with Crippen LogP contribution in [0.25, 0.3) is 0 Å². The molecule has 1 aliphatic rings. The molecule has 0 saturated carbocycles. The van der Waals surface area contributed by atoms with Crippen LogP contribution < -0.4 is 15.8 Å². The first kappa shape index (κ1) is 19.2. The van der Waals surface area contributed by atoms with E-state index in [0.29, 0.717) is 27.6 Å². The van der Waals surface area contributed by atoms with Crippen molar-refractivity contribution in [2.75, 3.05) is 5.32 Å². The van der Waals surface area contributed by atoms with Crippen LogP contribution in [0.5, 0.6) is 5.75 Å². The number of ether oxygens (including phenoxy) is 1. The number of carbonyl (C=O) groups is 2. The zero-order chi connectivity index (χ0) is 20.5. The molecule has 0 unspecified atom stereocenters. The van der Waals surface area contributed by atoms with Gasteiger partial charge < -0.3 is 20.3 Å². The summed E-state index contributed by atoms with van der Waals surface area (Å²) in [5.74, 6) is 0.266. The van der Waals surface area contributed by atoms with Crippen molar-refractivity contribution in [3.05, 3.63) is 62.9 Å². The predicted octanol–water partition coefficient (Wildman–Crippen LogP) is 3.77. The average molecular weight is 411 g/mol. The summed E-state index contributed by atoms with van der Waals surface area (Å²) in [7, 11) is 0. The van der Waals surface area contributed by atoms with Gasteiger partial charge in [-0.05, 0) is 50.8 Å². The minimum absolute atomic E-state index is 0.241. The first-order chi connectivity index (χ1) is 14.0. The van der Waals surface area contributed by atoms with E-state index in [1.165, 1.54) is 11.3 Å². The topological polar surface area (TPSA) is 107 Å². The van der Waals surface area contributed by atoms with Crippen LogP contribution in [0.2, 0.25) is 0 Å². The van der Waals surface area contributed by atoms with Crippen LogP contribution in [0.1, 0.15) is 54.6 Å². The number of amides is 2. The van der Waals surface area contributed by atoms with Crippen molar-refractivity contribution in [1.82, 2.24) is 5.16 Å². The predicted molar refractivity (Wildman–Crippen MR) is 110 cm³/mol. The number of hydrogen-bond acceptors (Lipinski definition) is 6. The van der Waals surface area contributed by atoms with E-state index in [4.69, 9.17) is 15.0 Å². The van der Waals surface area contributed by atoms with Crippen molar-refractivity contribution in [2.24, 2.45) is 5.73 Å². The quantitative estimate of drug-likeness (QED) is 0.642. The fourth-order valence-electron chi connectivity index (χ4n) is 3.56. The molecule has 0 saturated heterocycles. The lowest BCUT2D eigenvalue weighted by molar-refractivity contribution is 0.100. The molecular weight excluding hydrogens is 390 g/mol. The Hall–Kier alpha value is -3.13. The van der Waals surface area contributed by atoms with Gasteiger partial charge >= 0.3 is 0 Å². The van der Waals surface area contributed by atoms with Crippen LogP contribution in [0.4, 0.5) is 5.00 Å². The van der Waals surface area contributed by atoms with Gasteiger partial charge in [-0.15, -0.1) is 11.3 Å². The Bertz CT molecular complexity index is 1080. The van der Waals surface area contributed by atoms with Gasteiger partial charge in [-0.1, -0.05) is 17.3 Å². The number of nitrogens with zero attached hydrogens (tertiary/aromatic N) is 1. The third kappa shape index (κ3) is 3.63. The SMILES string of the molecule is Cc1noc(C)c1COc1ccccc1C(=O)Nc1sc2c(c1C(N)=O)CCC2. The molecule has 0 radical (unpaired) electrons. The summed E-state index contributed by atoms with van der Waals surface area (Å²) in [6, 6.07) is 6.98. The molecule has 7 nitrogen and oxygen atoms in total. The maximum atomic E-state index is 13.0. The number of nitrogens with two attached hydrogens (primary N) is 1. The van der Waals surface area contributed by atoms with Gasteiger partial charge in [-0.2, -0.15) is 0 Å². The normalized spacial score (nSPS) is 12.6. The van der Waals surface area contributed by atoms with Crippen molar-refractivity contribution >= 4 is 28.2 Å². The van der Waals surface area contributed by atoms with Gasteiger partial charge in [0.05, 0.1) is 22.4 Å². The van der Waals surface area contributed by atoms with Crippen molar-refractivity contribution in [3.8, 4) is 5.75 Å². The fraction of sp³-hybridized carbons (Fsp3) is 0.286. The molecule has 0 bridgehead atoms. The van der Waals surface area contributed by atoms with Gasteiger partial charge in [-0.25, -0.2) is 0 Å². The van der Waals surface area contributed by atoms with E-state index >= 15 is 0 Å². The zero-order valence-electron chi connectivity index (χ0n) is 16.2. The second-order valence-electron chi connectivity index (χ2n) is 6.97. The summed E-state index contributed by atoms with van der Waals surface area (Å²) in [5, 5.41) is 7.28. The minimum atomic E-state index is -0.511. The summed E-state index contributed by atoms with van der Waals surface area (Å²) in [5.41, 5.74) is 8.98. The van der Waals surface area contributed by atoms with E-state index in [1.54, 1.807) is 24.3 Å². The number of carbonyl (C=O) groups excluding carboxylic acids is 2. The second-order valence-corrected chi connectivity index (χ2v) is 8.07. The van der Waals surface area contributed by atoms with Gasteiger partial charge in [0.1, 0.15) is 23.1 Å². The van der Waals surface area contributed by atoms with Gasteiger partial charge in [0.15, 0.2) is 0 Å². The number of nitrogens with one attached hydrogen (secondary N) is 1. The van der Waals surface area contributed by atoms with Gasteiger partial charge in [0, 0.05) is 4.88 Å². The summed E-state index contributed by atoms with van der Waals surface area (Å²) in [6.45, 7) is 3.90. The number of benzene rings is 1. The number of aryl methyl sites for hydroxylation is 3. The van der Waals surface area contributed by atoms with E-state index < -0.39 is 5.91 Å². The highest BCUT2D eigenvalue weighted by molar-refractivity contribution is 7.17. The number of primary amides is 1. The molecule has 2 amide bonds. The van der Waals surface area contributed by atoms with Crippen LogP contribution in [0.3, 0.4) is 0 Å². The molecule has 8 heteroatoms. The molecule has 0 aliphatic heterocycles. The van der Waals surface area contributed by atoms with Crippen molar-refractivity contribution in [3.63, 3.8) is 0 Å². The Labute approximate surface area is 171 Å². The standard InChI is InChI=1S/C21H21N3O4S/c1-11-15(12(2)28-24-11)10-27-16-8-4-3-6-13(16)20(26)23-21-18(19(22)25)14-7-5-9-17(14)29-21/h3-4,6,8H,5,7,9-10H2,1-2H3,(H2,22,25)(H,23,26). The zero-order valence-corrected chi connectivity index (χ0v) is 17.0. The Morgan fingerprint density at radius 3 is 2.79 bits per heavy atom. The average Bonchev–Trinajstić information content (AvgIpc) is 3.35. The first-order valence-corrected chi connectivity index (χ1v) is 10.2. The first-order valence-electron chi connectivity index (χ1n) is 9.35. The highest BCUT2D eigenvalue weighted by Gasteiger charge is 2.27. The molecule has 4 rings (SSSR count). The van der Waals surface area contributed by atoms with E-state index in [9.17, 15) is 9.59 Å². The van der Waals surface area contributed by atoms with E-state index in [1.807, 2.05) is 13.8 Å². The van der Waals surface area contributed by atoms with E-state index in [-0.39, 0.29) is 12.5 Å². The third-order valence-corrected chi connectivity index (χ3v) is 6.29. The van der Waals surface area contributed by atoms with Crippen LogP contribution >= 0.6 is 11.3 Å². The number of thiophene rings is 1. The van der Waals surface area contributed by atoms with E-state index in [0.717, 1.165) is 41.0 Å². The monoisotopic (exact) mass is 411 g/mol. The lowest BCUT2D eigenvalue weighted by Gasteiger charge is -2.12. The molecule has 3 N–H and O–H groups in total. The summed E-state index contributed by atoms with van der Waals surface area (Å²) >= 11 is 1.43. The highest BCUT2D eigenvalue weighted by atomic mass is 32.1. The number of para-hydroxylation sites is 1. The molecule has 3 aromatic rings. The molecule has 150 valence electrons. The van der Waals surface area contributed by atoms with Gasteiger partial charge in [-0.3, -0.25) is 9.59 Å². The number of aromatic nitrogens is 1. The van der Waals surface area contributed by atoms with Crippen LogP contribution in [-0.2, 0) is 19.4 Å². The minimum Gasteiger partial charge on any atom is -0.488 e. The molecule has 0 spiro atoms. The Morgan fingerprint density at radius 2 is 2.07 bits per heavy atom. The molecule has 0 atom stereocenters. The van der Waals surface area contributed by atoms with Gasteiger partial charge in [0.2, 0.25) is 0 Å². The fourth-order valence-corrected chi connectivity index (χ4v) is 4.85. The second kappa shape index (κ2) is 7.71. The number of fused-ring (bicyclic) bond motifs is 1. The van der Waals surface area contributed by atoms with Gasteiger partial charge in [0.25, 0.3) is 11.8 Å². The Balaban J connectivity index is 1.57. The lowest BCUT2D eigenvalue weighted by Crippen LogP contribution is -2.18. The van der Waals surface area contributed by atoms with Crippen molar-refractivity contribution < 1.29 is 18.8 Å². The van der Waals surface area contributed by atoms with Crippen LogP contribution in [0, 0.1) is 13.8 Å².